The Bertz CT molecular complexity index is 991. The molecule has 0 unspecified atom stereocenters. The van der Waals surface area contributed by atoms with Gasteiger partial charge in [0.15, 0.2) is 0 Å². The lowest BCUT2D eigenvalue weighted by molar-refractivity contribution is -0.763. The molecule has 0 radical (unpaired) electrons. The molecule has 9 heteroatoms. The first kappa shape index (κ1) is 18.4. The van der Waals surface area contributed by atoms with E-state index in [1.54, 1.807) is 26.0 Å². The van der Waals surface area contributed by atoms with Gasteiger partial charge in [0.25, 0.3) is 10.6 Å². The monoisotopic (exact) mass is 371 g/mol. The highest BCUT2D eigenvalue weighted by Crippen LogP contribution is 2.42. The zero-order valence-corrected chi connectivity index (χ0v) is 14.7. The van der Waals surface area contributed by atoms with Gasteiger partial charge in [-0.2, -0.15) is 5.26 Å². The molecule has 2 aromatic rings. The van der Waals surface area contributed by atoms with Gasteiger partial charge >= 0.3 is 0 Å². The first-order valence-corrected chi connectivity index (χ1v) is 8.13. The minimum atomic E-state index is -1.16. The molecule has 1 aliphatic rings. The van der Waals surface area contributed by atoms with Crippen molar-refractivity contribution in [2.75, 3.05) is 0 Å². The van der Waals surface area contributed by atoms with Gasteiger partial charge in [0, 0.05) is 17.3 Å². The predicted molar refractivity (Wildman–Crippen MR) is 92.5 cm³/mol. The van der Waals surface area contributed by atoms with Crippen molar-refractivity contribution in [3.8, 4) is 11.8 Å². The number of hydrogen-bond donors (Lipinski definition) is 1. The lowest BCUT2D eigenvalue weighted by atomic mass is 9.85. The Kier molecular flexibility index (Phi) is 4.59. The molecule has 9 nitrogen and oxygen atoms in total. The molecule has 27 heavy (non-hydrogen) atoms. The third-order valence-electron chi connectivity index (χ3n) is 4.51. The third-order valence-corrected chi connectivity index (χ3v) is 4.51. The number of aliphatic hydroxyl groups excluding tert-OH is 1. The largest absolute Gasteiger partial charge is 0.485 e. The molecule has 0 saturated carbocycles. The summed E-state index contributed by atoms with van der Waals surface area (Å²) in [5.74, 6) is 0.422. The summed E-state index contributed by atoms with van der Waals surface area (Å²) in [6, 6.07) is 10.1. The highest BCUT2D eigenvalue weighted by atomic mass is 16.9. The molecule has 1 aliphatic heterocycles. The topological polar surface area (TPSA) is 128 Å². The quantitative estimate of drug-likeness (QED) is 0.638. The van der Waals surface area contributed by atoms with Crippen molar-refractivity contribution in [3.05, 3.63) is 73.7 Å². The molecule has 0 aliphatic carbocycles. The van der Waals surface area contributed by atoms with Gasteiger partial charge in [-0.3, -0.25) is 4.79 Å². The van der Waals surface area contributed by atoms with Crippen LogP contribution in [-0.4, -0.2) is 26.5 Å². The lowest BCUT2D eigenvalue weighted by Gasteiger charge is -2.43. The van der Waals surface area contributed by atoms with Gasteiger partial charge in [0.05, 0.1) is 17.7 Å². The van der Waals surface area contributed by atoms with Crippen LogP contribution in [-0.2, 0) is 11.4 Å². The van der Waals surface area contributed by atoms with Crippen LogP contribution in [0.2, 0.25) is 0 Å². The molecule has 0 saturated heterocycles. The SMILES string of the molecule is CC1(C)Oc2ccc(C#N)cc2[C@@H](n2c(CO[N+](=O)[O-])cccc2=O)[C@@H]1O. The Morgan fingerprint density at radius 3 is 2.81 bits per heavy atom. The Hall–Kier alpha value is -3.38. The zero-order chi connectivity index (χ0) is 19.8. The smallest absolute Gasteiger partial charge is 0.294 e. The Labute approximate surface area is 154 Å². The van der Waals surface area contributed by atoms with Crippen LogP contribution >= 0.6 is 0 Å². The highest BCUT2D eigenvalue weighted by molar-refractivity contribution is 5.47. The van der Waals surface area contributed by atoms with Gasteiger partial charge in [-0.05, 0) is 38.1 Å². The molecule has 2 atom stereocenters. The van der Waals surface area contributed by atoms with E-state index >= 15 is 0 Å². The van der Waals surface area contributed by atoms with Crippen molar-refractivity contribution in [2.24, 2.45) is 0 Å². The minimum Gasteiger partial charge on any atom is -0.485 e. The lowest BCUT2D eigenvalue weighted by Crippen LogP contribution is -2.52. The van der Waals surface area contributed by atoms with Crippen molar-refractivity contribution in [1.29, 1.82) is 5.26 Å². The number of rotatable bonds is 4. The van der Waals surface area contributed by atoms with Gasteiger partial charge in [-0.1, -0.05) is 6.07 Å². The molecule has 0 fully saturated rings. The standard InChI is InChI=1S/C18H17N3O6/c1-18(2)17(23)16(13-8-11(9-19)6-7-14(13)27-18)20-12(10-26-21(24)25)4-3-5-15(20)22/h3-8,16-17,23H,10H2,1-2H3/t16-,17+/m1/s1. The van der Waals surface area contributed by atoms with Gasteiger partial charge < -0.3 is 19.2 Å². The fraction of sp³-hybridized carbons (Fsp3) is 0.333. The van der Waals surface area contributed by atoms with E-state index in [0.29, 0.717) is 16.9 Å². The molecule has 1 aromatic carbocycles. The number of fused-ring (bicyclic) bond motifs is 1. The number of benzene rings is 1. The van der Waals surface area contributed by atoms with Crippen LogP contribution in [0.3, 0.4) is 0 Å². The maximum atomic E-state index is 12.6. The van der Waals surface area contributed by atoms with Gasteiger partial charge in [0.2, 0.25) is 0 Å². The molecule has 3 rings (SSSR count). The van der Waals surface area contributed by atoms with Gasteiger partial charge in [0.1, 0.15) is 24.1 Å². The third kappa shape index (κ3) is 3.35. The summed E-state index contributed by atoms with van der Waals surface area (Å²) in [7, 11) is 0. The van der Waals surface area contributed by atoms with Gasteiger partial charge in [-0.15, -0.1) is 10.1 Å². The predicted octanol–water partition coefficient (Wildman–Crippen LogP) is 1.55. The number of nitriles is 1. The summed E-state index contributed by atoms with van der Waals surface area (Å²) in [6.45, 7) is 2.89. The van der Waals surface area contributed by atoms with E-state index in [0.717, 1.165) is 0 Å². The summed E-state index contributed by atoms with van der Waals surface area (Å²) >= 11 is 0. The van der Waals surface area contributed by atoms with E-state index in [4.69, 9.17) is 4.74 Å². The molecule has 1 aromatic heterocycles. The van der Waals surface area contributed by atoms with Crippen molar-refractivity contribution in [1.82, 2.24) is 4.57 Å². The normalized spacial score (nSPS) is 20.1. The van der Waals surface area contributed by atoms with E-state index in [1.165, 1.54) is 28.8 Å². The number of hydrogen-bond acceptors (Lipinski definition) is 7. The summed E-state index contributed by atoms with van der Waals surface area (Å²) in [4.78, 5) is 27.6. The first-order valence-electron chi connectivity index (χ1n) is 8.13. The minimum absolute atomic E-state index is 0.217. The Balaban J connectivity index is 2.23. The molecular weight excluding hydrogens is 354 g/mol. The second-order valence-corrected chi connectivity index (χ2v) is 6.68. The summed E-state index contributed by atoms with van der Waals surface area (Å²) in [5.41, 5.74) is -0.510. The maximum Gasteiger partial charge on any atom is 0.294 e. The molecule has 2 heterocycles. The van der Waals surface area contributed by atoms with E-state index in [-0.39, 0.29) is 5.69 Å². The second-order valence-electron chi connectivity index (χ2n) is 6.68. The molecule has 140 valence electrons. The van der Waals surface area contributed by atoms with Crippen LogP contribution < -0.4 is 10.3 Å². The van der Waals surface area contributed by atoms with Crippen LogP contribution in [0.5, 0.6) is 5.75 Å². The molecule has 0 bridgehead atoms. The Morgan fingerprint density at radius 1 is 1.41 bits per heavy atom. The van der Waals surface area contributed by atoms with E-state index < -0.39 is 35.0 Å². The first-order chi connectivity index (χ1) is 12.7. The maximum absolute atomic E-state index is 12.6. The number of pyridine rings is 1. The van der Waals surface area contributed by atoms with Crippen LogP contribution in [0.15, 0.2) is 41.2 Å². The van der Waals surface area contributed by atoms with Crippen LogP contribution in [0.1, 0.15) is 36.7 Å². The molecule has 0 spiro atoms. The molecular formula is C18H17N3O6. The number of ether oxygens (including phenoxy) is 1. The fourth-order valence-electron chi connectivity index (χ4n) is 3.21. The summed E-state index contributed by atoms with van der Waals surface area (Å²) in [6.07, 6.45) is -1.16. The van der Waals surface area contributed by atoms with E-state index in [2.05, 4.69) is 4.84 Å². The van der Waals surface area contributed by atoms with Crippen molar-refractivity contribution in [3.63, 3.8) is 0 Å². The summed E-state index contributed by atoms with van der Waals surface area (Å²) < 4.78 is 7.09. The highest BCUT2D eigenvalue weighted by Gasteiger charge is 2.44. The number of aromatic nitrogens is 1. The molecule has 1 N–H and O–H groups in total. The van der Waals surface area contributed by atoms with Crippen molar-refractivity contribution in [2.45, 2.75) is 38.2 Å². The van der Waals surface area contributed by atoms with Crippen molar-refractivity contribution >= 4 is 0 Å². The van der Waals surface area contributed by atoms with Crippen LogP contribution in [0, 0.1) is 21.4 Å². The van der Waals surface area contributed by atoms with Crippen LogP contribution in [0.4, 0.5) is 0 Å². The average Bonchev–Trinajstić information content (AvgIpc) is 2.61. The zero-order valence-electron chi connectivity index (χ0n) is 14.7. The average molecular weight is 371 g/mol. The van der Waals surface area contributed by atoms with E-state index in [1.807, 2.05) is 6.07 Å². The number of nitrogens with zero attached hydrogens (tertiary/aromatic N) is 3. The Morgan fingerprint density at radius 2 is 2.15 bits per heavy atom. The number of aliphatic hydroxyl groups is 1. The van der Waals surface area contributed by atoms with Crippen molar-refractivity contribution < 1.29 is 19.8 Å². The van der Waals surface area contributed by atoms with Gasteiger partial charge in [-0.25, -0.2) is 0 Å². The second kappa shape index (κ2) is 6.74. The van der Waals surface area contributed by atoms with Crippen LogP contribution in [0.25, 0.3) is 0 Å². The molecule has 0 amide bonds. The summed E-state index contributed by atoms with van der Waals surface area (Å²) in [5, 5.41) is 29.8. The van der Waals surface area contributed by atoms with E-state index in [9.17, 15) is 25.3 Å². The fourth-order valence-corrected chi connectivity index (χ4v) is 3.21.